The van der Waals surface area contributed by atoms with Crippen LogP contribution < -0.4 is 10.6 Å². The van der Waals surface area contributed by atoms with E-state index in [-0.39, 0.29) is 5.69 Å². The lowest BCUT2D eigenvalue weighted by molar-refractivity contribution is 0.102. The third kappa shape index (κ3) is 3.77. The van der Waals surface area contributed by atoms with Crippen LogP contribution in [0.2, 0.25) is 0 Å². The largest absolute Gasteiger partial charge is 0.339 e. The van der Waals surface area contributed by atoms with E-state index in [4.69, 9.17) is 0 Å². The Kier molecular flexibility index (Phi) is 4.65. The van der Waals surface area contributed by atoms with E-state index in [9.17, 15) is 13.6 Å². The van der Waals surface area contributed by atoms with E-state index in [0.717, 1.165) is 23.4 Å². The number of aromatic nitrogens is 2. The van der Waals surface area contributed by atoms with Crippen LogP contribution in [0.4, 0.5) is 26.0 Å². The summed E-state index contributed by atoms with van der Waals surface area (Å²) in [6, 6.07) is 13.9. The Morgan fingerprint density at radius 3 is 2.28 bits per heavy atom. The molecule has 0 aliphatic rings. The molecule has 2 N–H and O–H groups in total. The maximum absolute atomic E-state index is 13.6. The monoisotopic (exact) mass is 340 g/mol. The highest BCUT2D eigenvalue weighted by Gasteiger charge is 2.14. The van der Waals surface area contributed by atoms with E-state index < -0.39 is 23.2 Å². The Morgan fingerprint density at radius 1 is 0.920 bits per heavy atom. The van der Waals surface area contributed by atoms with Crippen molar-refractivity contribution in [3.63, 3.8) is 0 Å². The Bertz CT molecular complexity index is 893. The number of amides is 1. The van der Waals surface area contributed by atoms with Gasteiger partial charge in [-0.05, 0) is 42.8 Å². The second-order valence-corrected chi connectivity index (χ2v) is 5.29. The quantitative estimate of drug-likeness (QED) is 0.752. The molecule has 1 aromatic heterocycles. The Morgan fingerprint density at radius 2 is 1.64 bits per heavy atom. The predicted molar refractivity (Wildman–Crippen MR) is 90.8 cm³/mol. The normalized spacial score (nSPS) is 10.4. The number of rotatable bonds is 4. The predicted octanol–water partition coefficient (Wildman–Crippen LogP) is 4.06. The highest BCUT2D eigenvalue weighted by Crippen LogP contribution is 2.20. The summed E-state index contributed by atoms with van der Waals surface area (Å²) >= 11 is 0. The fraction of sp³-hybridized carbons (Fsp3) is 0.0556. The van der Waals surface area contributed by atoms with Gasteiger partial charge in [-0.15, -0.1) is 10.2 Å². The van der Waals surface area contributed by atoms with E-state index in [1.165, 1.54) is 12.1 Å². The zero-order chi connectivity index (χ0) is 17.8. The number of benzene rings is 2. The summed E-state index contributed by atoms with van der Waals surface area (Å²) in [5.74, 6) is -2.03. The van der Waals surface area contributed by atoms with Gasteiger partial charge in [-0.25, -0.2) is 8.78 Å². The van der Waals surface area contributed by atoms with Gasteiger partial charge in [0.2, 0.25) is 0 Å². The first-order valence-corrected chi connectivity index (χ1v) is 7.46. The Hall–Kier alpha value is -3.35. The number of nitrogens with one attached hydrogen (secondary N) is 2. The Labute approximate surface area is 142 Å². The molecule has 0 atom stereocenters. The number of nitrogens with zero attached hydrogens (tertiary/aromatic N) is 2. The second-order valence-electron chi connectivity index (χ2n) is 5.29. The van der Waals surface area contributed by atoms with Gasteiger partial charge < -0.3 is 10.6 Å². The molecule has 2 aromatic carbocycles. The number of aryl methyl sites for hydroxylation is 1. The van der Waals surface area contributed by atoms with E-state index >= 15 is 0 Å². The van der Waals surface area contributed by atoms with Gasteiger partial charge in [0, 0.05) is 5.69 Å². The van der Waals surface area contributed by atoms with Crippen LogP contribution in [0.15, 0.2) is 54.6 Å². The number of para-hydroxylation sites is 2. The first kappa shape index (κ1) is 16.5. The summed E-state index contributed by atoms with van der Waals surface area (Å²) in [5, 5.41) is 12.9. The van der Waals surface area contributed by atoms with Crippen LogP contribution in [0, 0.1) is 18.6 Å². The molecule has 5 nitrogen and oxygen atoms in total. The zero-order valence-corrected chi connectivity index (χ0v) is 13.3. The van der Waals surface area contributed by atoms with Crippen molar-refractivity contribution in [3.8, 4) is 0 Å². The van der Waals surface area contributed by atoms with E-state index in [1.807, 2.05) is 31.2 Å². The van der Waals surface area contributed by atoms with Crippen LogP contribution in [0.3, 0.4) is 0 Å². The molecular weight excluding hydrogens is 326 g/mol. The average molecular weight is 340 g/mol. The minimum atomic E-state index is -0.862. The standard InChI is InChI=1S/C18H14F2N4O/c1-11-5-2-3-8-14(11)21-16-10-9-15(23-24-16)18(25)22-17-12(19)6-4-7-13(17)20/h2-10H,1H3,(H,21,24)(H,22,25). The number of halogens is 2. The first-order chi connectivity index (χ1) is 12.0. The van der Waals surface area contributed by atoms with Gasteiger partial charge in [-0.3, -0.25) is 4.79 Å². The van der Waals surface area contributed by atoms with E-state index in [2.05, 4.69) is 20.8 Å². The molecule has 3 aromatic rings. The number of carbonyl (C=O) groups is 1. The van der Waals surface area contributed by atoms with Crippen molar-refractivity contribution < 1.29 is 13.6 Å². The molecule has 0 aliphatic carbocycles. The van der Waals surface area contributed by atoms with Crippen molar-refractivity contribution in [3.05, 3.63) is 77.5 Å². The summed E-state index contributed by atoms with van der Waals surface area (Å²) in [6.45, 7) is 1.94. The molecule has 126 valence electrons. The minimum Gasteiger partial charge on any atom is -0.339 e. The van der Waals surface area contributed by atoms with Gasteiger partial charge in [0.1, 0.15) is 17.3 Å². The van der Waals surface area contributed by atoms with Crippen LogP contribution in [0.1, 0.15) is 16.1 Å². The topological polar surface area (TPSA) is 66.9 Å². The number of hydrogen-bond acceptors (Lipinski definition) is 4. The summed E-state index contributed by atoms with van der Waals surface area (Å²) in [7, 11) is 0. The van der Waals surface area contributed by atoms with Crippen LogP contribution in [0.25, 0.3) is 0 Å². The lowest BCUT2D eigenvalue weighted by atomic mass is 10.2. The fourth-order valence-corrected chi connectivity index (χ4v) is 2.17. The smallest absolute Gasteiger partial charge is 0.276 e. The summed E-state index contributed by atoms with van der Waals surface area (Å²) in [5.41, 5.74) is 1.32. The van der Waals surface area contributed by atoms with Gasteiger partial charge in [0.15, 0.2) is 11.5 Å². The summed E-state index contributed by atoms with van der Waals surface area (Å²) in [4.78, 5) is 12.1. The maximum Gasteiger partial charge on any atom is 0.276 e. The van der Waals surface area contributed by atoms with Gasteiger partial charge in [-0.1, -0.05) is 24.3 Å². The lowest BCUT2D eigenvalue weighted by Gasteiger charge is -2.09. The Balaban J connectivity index is 1.74. The second kappa shape index (κ2) is 7.04. The molecule has 0 saturated carbocycles. The molecule has 0 saturated heterocycles. The molecule has 0 aliphatic heterocycles. The molecule has 0 spiro atoms. The summed E-state index contributed by atoms with van der Waals surface area (Å²) in [6.07, 6.45) is 0. The zero-order valence-electron chi connectivity index (χ0n) is 13.3. The summed E-state index contributed by atoms with van der Waals surface area (Å²) < 4.78 is 27.1. The van der Waals surface area contributed by atoms with Crippen LogP contribution in [0.5, 0.6) is 0 Å². The molecular formula is C18H14F2N4O. The number of anilines is 3. The highest BCUT2D eigenvalue weighted by atomic mass is 19.1. The van der Waals surface area contributed by atoms with Crippen LogP contribution in [-0.2, 0) is 0 Å². The molecule has 3 rings (SSSR count). The van der Waals surface area contributed by atoms with Gasteiger partial charge in [-0.2, -0.15) is 0 Å². The first-order valence-electron chi connectivity index (χ1n) is 7.46. The molecule has 0 unspecified atom stereocenters. The van der Waals surface area contributed by atoms with E-state index in [1.54, 1.807) is 6.07 Å². The van der Waals surface area contributed by atoms with Crippen molar-refractivity contribution in [2.45, 2.75) is 6.92 Å². The SMILES string of the molecule is Cc1ccccc1Nc1ccc(C(=O)Nc2c(F)cccc2F)nn1. The van der Waals surface area contributed by atoms with Crippen LogP contribution >= 0.6 is 0 Å². The number of hydrogen-bond donors (Lipinski definition) is 2. The van der Waals surface area contributed by atoms with Crippen molar-refractivity contribution in [1.29, 1.82) is 0 Å². The number of carbonyl (C=O) groups excluding carboxylic acids is 1. The van der Waals surface area contributed by atoms with Crippen LogP contribution in [-0.4, -0.2) is 16.1 Å². The molecule has 0 fully saturated rings. The third-order valence-corrected chi connectivity index (χ3v) is 3.51. The minimum absolute atomic E-state index is 0.0574. The molecule has 0 bridgehead atoms. The van der Waals surface area contributed by atoms with Crippen molar-refractivity contribution in [1.82, 2.24) is 10.2 Å². The molecule has 1 amide bonds. The average Bonchev–Trinajstić information content (AvgIpc) is 2.61. The maximum atomic E-state index is 13.6. The highest BCUT2D eigenvalue weighted by molar-refractivity contribution is 6.02. The van der Waals surface area contributed by atoms with Gasteiger partial charge in [0.05, 0.1) is 0 Å². The third-order valence-electron chi connectivity index (χ3n) is 3.51. The van der Waals surface area contributed by atoms with Crippen molar-refractivity contribution in [2.75, 3.05) is 10.6 Å². The molecule has 1 heterocycles. The van der Waals surface area contributed by atoms with Crippen molar-refractivity contribution >= 4 is 23.1 Å². The van der Waals surface area contributed by atoms with Gasteiger partial charge in [0.25, 0.3) is 5.91 Å². The lowest BCUT2D eigenvalue weighted by Crippen LogP contribution is -2.16. The van der Waals surface area contributed by atoms with Gasteiger partial charge >= 0.3 is 0 Å². The van der Waals surface area contributed by atoms with Crippen molar-refractivity contribution in [2.24, 2.45) is 0 Å². The van der Waals surface area contributed by atoms with E-state index in [0.29, 0.717) is 5.82 Å². The molecule has 0 radical (unpaired) electrons. The molecule has 25 heavy (non-hydrogen) atoms. The molecule has 7 heteroatoms. The fourth-order valence-electron chi connectivity index (χ4n) is 2.17.